The Hall–Kier alpha value is -2.30. The average Bonchev–Trinajstić information content (AvgIpc) is 2.93. The number of carbonyl (C=O) groups excluding carboxylic acids is 1. The maximum Gasteiger partial charge on any atom is 0.253 e. The molecule has 0 spiro atoms. The molecule has 2 aliphatic rings. The van der Waals surface area contributed by atoms with Crippen molar-refractivity contribution in [1.82, 2.24) is 9.80 Å². The van der Waals surface area contributed by atoms with Crippen LogP contribution in [0.25, 0.3) is 6.08 Å². The first kappa shape index (κ1) is 18.1. The van der Waals surface area contributed by atoms with E-state index in [0.29, 0.717) is 17.2 Å². The third kappa shape index (κ3) is 4.34. The molecule has 0 aromatic heterocycles. The van der Waals surface area contributed by atoms with Crippen LogP contribution >= 0.6 is 11.6 Å². The van der Waals surface area contributed by atoms with Gasteiger partial charge in [-0.15, -0.1) is 0 Å². The van der Waals surface area contributed by atoms with Crippen molar-refractivity contribution in [3.8, 4) is 5.75 Å². The summed E-state index contributed by atoms with van der Waals surface area (Å²) in [5, 5.41) is 0.647. The summed E-state index contributed by atoms with van der Waals surface area (Å²) in [5.41, 5.74) is 2.88. The quantitative estimate of drug-likeness (QED) is 0.808. The van der Waals surface area contributed by atoms with E-state index in [1.54, 1.807) is 6.07 Å². The second-order valence-corrected chi connectivity index (χ2v) is 7.48. The molecule has 0 unspecified atom stereocenters. The maximum atomic E-state index is 13.0. The summed E-state index contributed by atoms with van der Waals surface area (Å²) in [4.78, 5) is 17.4. The Balaban J connectivity index is 1.41. The Labute approximate surface area is 165 Å². The number of hydrogen-bond acceptors (Lipinski definition) is 3. The molecule has 0 bridgehead atoms. The van der Waals surface area contributed by atoms with E-state index in [2.05, 4.69) is 29.2 Å². The van der Waals surface area contributed by atoms with Crippen molar-refractivity contribution in [2.75, 3.05) is 32.8 Å². The van der Waals surface area contributed by atoms with E-state index >= 15 is 0 Å². The Bertz CT molecular complexity index is 851. The summed E-state index contributed by atoms with van der Waals surface area (Å²) in [6.07, 6.45) is 2.90. The third-order valence-electron chi connectivity index (χ3n) is 5.08. The normalized spacial score (nSPS) is 17.5. The zero-order valence-corrected chi connectivity index (χ0v) is 16.0. The molecule has 2 aliphatic heterocycles. The van der Waals surface area contributed by atoms with Gasteiger partial charge in [0.1, 0.15) is 12.4 Å². The third-order valence-corrected chi connectivity index (χ3v) is 5.32. The molecule has 1 amide bonds. The maximum absolute atomic E-state index is 13.0. The molecule has 0 atom stereocenters. The van der Waals surface area contributed by atoms with Gasteiger partial charge in [-0.05, 0) is 36.3 Å². The number of benzene rings is 2. The van der Waals surface area contributed by atoms with Crippen LogP contribution in [0.4, 0.5) is 0 Å². The first-order chi connectivity index (χ1) is 13.2. The van der Waals surface area contributed by atoms with Crippen LogP contribution in [0.2, 0.25) is 5.02 Å². The number of ether oxygens (including phenoxy) is 1. The van der Waals surface area contributed by atoms with Crippen molar-refractivity contribution < 1.29 is 9.53 Å². The lowest BCUT2D eigenvalue weighted by molar-refractivity contribution is -0.127. The van der Waals surface area contributed by atoms with Gasteiger partial charge in [0, 0.05) is 43.3 Å². The molecule has 4 rings (SSSR count). The smallest absolute Gasteiger partial charge is 0.253 e. The van der Waals surface area contributed by atoms with Crippen LogP contribution in [0.5, 0.6) is 5.75 Å². The van der Waals surface area contributed by atoms with Gasteiger partial charge in [0.15, 0.2) is 0 Å². The van der Waals surface area contributed by atoms with Gasteiger partial charge < -0.3 is 9.64 Å². The molecule has 0 radical (unpaired) electrons. The summed E-state index contributed by atoms with van der Waals surface area (Å²) < 4.78 is 5.75. The van der Waals surface area contributed by atoms with Crippen LogP contribution < -0.4 is 4.74 Å². The minimum Gasteiger partial charge on any atom is -0.488 e. The van der Waals surface area contributed by atoms with Gasteiger partial charge in [0.2, 0.25) is 0 Å². The minimum atomic E-state index is 0.0715. The highest BCUT2D eigenvalue weighted by atomic mass is 35.5. The van der Waals surface area contributed by atoms with Crippen LogP contribution in [0, 0.1) is 0 Å². The zero-order chi connectivity index (χ0) is 18.6. The van der Waals surface area contributed by atoms with Crippen LogP contribution in [0.1, 0.15) is 17.5 Å². The van der Waals surface area contributed by atoms with E-state index in [4.69, 9.17) is 16.3 Å². The monoisotopic (exact) mass is 382 g/mol. The minimum absolute atomic E-state index is 0.0715. The molecule has 2 heterocycles. The Morgan fingerprint density at radius 3 is 2.74 bits per heavy atom. The largest absolute Gasteiger partial charge is 0.488 e. The van der Waals surface area contributed by atoms with Crippen molar-refractivity contribution in [3.63, 3.8) is 0 Å². The second kappa shape index (κ2) is 8.15. The fourth-order valence-corrected chi connectivity index (χ4v) is 3.83. The summed E-state index contributed by atoms with van der Waals surface area (Å²) in [6.45, 7) is 4.66. The van der Waals surface area contributed by atoms with E-state index in [0.717, 1.165) is 50.5 Å². The Morgan fingerprint density at radius 2 is 1.89 bits per heavy atom. The summed E-state index contributed by atoms with van der Waals surface area (Å²) in [6, 6.07) is 16.0. The van der Waals surface area contributed by atoms with Gasteiger partial charge in [0.05, 0.1) is 5.57 Å². The number of nitrogens with zero attached hydrogens (tertiary/aromatic N) is 2. The molecular formula is C22H23ClN2O2. The number of rotatable bonds is 3. The first-order valence-corrected chi connectivity index (χ1v) is 9.75. The molecule has 5 heteroatoms. The number of halogens is 1. The molecule has 4 nitrogen and oxygen atoms in total. The summed E-state index contributed by atoms with van der Waals surface area (Å²) >= 11 is 6.07. The SMILES string of the molecule is O=C(C1=Cc2cc(Cl)ccc2OC1)N1CCCN(Cc2ccccc2)CC1. The Kier molecular flexibility index (Phi) is 5.46. The van der Waals surface area contributed by atoms with Gasteiger partial charge in [-0.3, -0.25) is 9.69 Å². The fourth-order valence-electron chi connectivity index (χ4n) is 3.65. The molecule has 2 aromatic carbocycles. The zero-order valence-electron chi connectivity index (χ0n) is 15.2. The molecule has 1 saturated heterocycles. The van der Waals surface area contributed by atoms with Crippen molar-refractivity contribution >= 4 is 23.6 Å². The van der Waals surface area contributed by atoms with E-state index < -0.39 is 0 Å². The second-order valence-electron chi connectivity index (χ2n) is 7.05. The van der Waals surface area contributed by atoms with Crippen LogP contribution in [0.15, 0.2) is 54.1 Å². The summed E-state index contributed by atoms with van der Waals surface area (Å²) in [7, 11) is 0. The van der Waals surface area contributed by atoms with E-state index in [1.165, 1.54) is 5.56 Å². The van der Waals surface area contributed by atoms with Gasteiger partial charge >= 0.3 is 0 Å². The topological polar surface area (TPSA) is 32.8 Å². The van der Waals surface area contributed by atoms with Gasteiger partial charge in [-0.1, -0.05) is 41.9 Å². The number of fused-ring (bicyclic) bond motifs is 1. The van der Waals surface area contributed by atoms with Crippen molar-refractivity contribution in [2.45, 2.75) is 13.0 Å². The standard InChI is InChI=1S/C22H23ClN2O2/c23-20-7-8-21-18(14-20)13-19(16-27-21)22(26)25-10-4-9-24(11-12-25)15-17-5-2-1-3-6-17/h1-3,5-8,13-14H,4,9-12,15-16H2. The highest BCUT2D eigenvalue weighted by Gasteiger charge is 2.24. The summed E-state index contributed by atoms with van der Waals surface area (Å²) in [5.74, 6) is 0.850. The van der Waals surface area contributed by atoms with Crippen molar-refractivity contribution in [3.05, 3.63) is 70.3 Å². The molecule has 0 aliphatic carbocycles. The Morgan fingerprint density at radius 1 is 1.04 bits per heavy atom. The average molecular weight is 383 g/mol. The van der Waals surface area contributed by atoms with Crippen molar-refractivity contribution in [1.29, 1.82) is 0 Å². The molecule has 1 fully saturated rings. The van der Waals surface area contributed by atoms with E-state index in [9.17, 15) is 4.79 Å². The van der Waals surface area contributed by atoms with Crippen molar-refractivity contribution in [2.24, 2.45) is 0 Å². The molecule has 2 aromatic rings. The lowest BCUT2D eigenvalue weighted by Crippen LogP contribution is -2.37. The number of carbonyl (C=O) groups is 1. The number of amides is 1. The van der Waals surface area contributed by atoms with Gasteiger partial charge in [-0.25, -0.2) is 0 Å². The predicted molar refractivity (Wildman–Crippen MR) is 108 cm³/mol. The van der Waals surface area contributed by atoms with Gasteiger partial charge in [0.25, 0.3) is 5.91 Å². The lowest BCUT2D eigenvalue weighted by Gasteiger charge is -2.25. The molecule has 140 valence electrons. The van der Waals surface area contributed by atoms with Crippen LogP contribution in [-0.4, -0.2) is 48.5 Å². The van der Waals surface area contributed by atoms with Crippen LogP contribution in [0.3, 0.4) is 0 Å². The van der Waals surface area contributed by atoms with E-state index in [1.807, 2.05) is 29.2 Å². The molecule has 27 heavy (non-hydrogen) atoms. The molecule has 0 N–H and O–H groups in total. The fraction of sp³-hybridized carbons (Fsp3) is 0.318. The first-order valence-electron chi connectivity index (χ1n) is 9.37. The molecule has 0 saturated carbocycles. The highest BCUT2D eigenvalue weighted by Crippen LogP contribution is 2.29. The highest BCUT2D eigenvalue weighted by molar-refractivity contribution is 6.30. The predicted octanol–water partition coefficient (Wildman–Crippen LogP) is 3.85. The number of hydrogen-bond donors (Lipinski definition) is 0. The van der Waals surface area contributed by atoms with E-state index in [-0.39, 0.29) is 5.91 Å². The van der Waals surface area contributed by atoms with Crippen LogP contribution in [-0.2, 0) is 11.3 Å². The lowest BCUT2D eigenvalue weighted by atomic mass is 10.1. The van der Waals surface area contributed by atoms with Gasteiger partial charge in [-0.2, -0.15) is 0 Å². The molecular weight excluding hydrogens is 360 g/mol.